The molecular weight excluding hydrogens is 392 g/mol. The molecule has 0 aliphatic carbocycles. The van der Waals surface area contributed by atoms with Gasteiger partial charge in [0, 0.05) is 0 Å². The summed E-state index contributed by atoms with van der Waals surface area (Å²) in [6.07, 6.45) is 1.74. The molecule has 0 saturated carbocycles. The van der Waals surface area contributed by atoms with E-state index >= 15 is 0 Å². The molecule has 0 unspecified atom stereocenters. The minimum atomic E-state index is -0.832. The third kappa shape index (κ3) is 6.47. The number of para-hydroxylation sites is 1. The van der Waals surface area contributed by atoms with E-state index in [1.54, 1.807) is 18.2 Å². The summed E-state index contributed by atoms with van der Waals surface area (Å²) in [6, 6.07) is 8.41. The number of furan rings is 1. The van der Waals surface area contributed by atoms with Crippen molar-refractivity contribution < 1.29 is 33.1 Å². The van der Waals surface area contributed by atoms with Gasteiger partial charge in [-0.15, -0.1) is 0 Å². The van der Waals surface area contributed by atoms with E-state index in [0.717, 1.165) is 0 Å². The fourth-order valence-electron chi connectivity index (χ4n) is 2.63. The Bertz CT molecular complexity index is 891. The molecule has 1 heterocycles. The number of methoxy groups -OCH3 is 1. The molecule has 2 rings (SSSR count). The summed E-state index contributed by atoms with van der Waals surface area (Å²) in [5.41, 5.74) is 0.272. The Hall–Kier alpha value is -3.62. The van der Waals surface area contributed by atoms with Crippen LogP contribution in [0.1, 0.15) is 41.2 Å². The van der Waals surface area contributed by atoms with Crippen molar-refractivity contribution in [2.45, 2.75) is 26.3 Å². The summed E-state index contributed by atoms with van der Waals surface area (Å²) < 4.78 is 14.7. The van der Waals surface area contributed by atoms with Crippen LogP contribution in [0.5, 0.6) is 0 Å². The highest BCUT2D eigenvalue weighted by molar-refractivity contribution is 6.06. The van der Waals surface area contributed by atoms with E-state index in [2.05, 4.69) is 15.4 Å². The van der Waals surface area contributed by atoms with E-state index in [1.807, 2.05) is 13.8 Å². The molecule has 0 bridgehead atoms. The van der Waals surface area contributed by atoms with Gasteiger partial charge < -0.3 is 24.5 Å². The molecule has 2 N–H and O–H groups in total. The zero-order chi connectivity index (χ0) is 22.1. The van der Waals surface area contributed by atoms with Crippen molar-refractivity contribution in [3.8, 4) is 0 Å². The van der Waals surface area contributed by atoms with Gasteiger partial charge in [-0.1, -0.05) is 26.0 Å². The predicted molar refractivity (Wildman–Crippen MR) is 107 cm³/mol. The van der Waals surface area contributed by atoms with E-state index < -0.39 is 36.4 Å². The van der Waals surface area contributed by atoms with Crippen LogP contribution in [0.4, 0.5) is 5.69 Å². The van der Waals surface area contributed by atoms with Crippen molar-refractivity contribution in [3.63, 3.8) is 0 Å². The van der Waals surface area contributed by atoms with Crippen LogP contribution in [0.25, 0.3) is 0 Å². The lowest BCUT2D eigenvalue weighted by Crippen LogP contribution is -2.44. The maximum Gasteiger partial charge on any atom is 0.340 e. The lowest BCUT2D eigenvalue weighted by Gasteiger charge is -2.18. The number of carbonyl (C=O) groups is 4. The summed E-state index contributed by atoms with van der Waals surface area (Å²) in [5, 5.41) is 5.06. The number of rotatable bonds is 9. The van der Waals surface area contributed by atoms with E-state index in [0.29, 0.717) is 6.42 Å². The largest absolute Gasteiger partial charge is 0.467 e. The standard InChI is InChI=1S/C21H24N2O7/c1-13(2)11-16(21(27)28-3)22-18(24)12-30-20(26)14-7-4-5-8-15(14)23-19(25)17-9-6-10-29-17/h4-10,13,16H,11-12H2,1-3H3,(H,22,24)(H,23,25)/t16-/m0/s1. The van der Waals surface area contributed by atoms with Gasteiger partial charge in [-0.2, -0.15) is 0 Å². The number of ether oxygens (including phenoxy) is 2. The second-order valence-corrected chi connectivity index (χ2v) is 6.83. The van der Waals surface area contributed by atoms with Gasteiger partial charge in [0.15, 0.2) is 12.4 Å². The minimum Gasteiger partial charge on any atom is -0.467 e. The molecule has 2 amide bonds. The van der Waals surface area contributed by atoms with Crippen molar-refractivity contribution in [2.24, 2.45) is 5.92 Å². The van der Waals surface area contributed by atoms with Gasteiger partial charge >= 0.3 is 11.9 Å². The quantitative estimate of drug-likeness (QED) is 0.602. The zero-order valence-electron chi connectivity index (χ0n) is 17.0. The van der Waals surface area contributed by atoms with Crippen LogP contribution < -0.4 is 10.6 Å². The van der Waals surface area contributed by atoms with Crippen LogP contribution in [0.3, 0.4) is 0 Å². The maximum atomic E-state index is 12.4. The van der Waals surface area contributed by atoms with Gasteiger partial charge in [-0.25, -0.2) is 9.59 Å². The van der Waals surface area contributed by atoms with Gasteiger partial charge in [0.2, 0.25) is 0 Å². The zero-order valence-corrected chi connectivity index (χ0v) is 17.0. The lowest BCUT2D eigenvalue weighted by molar-refractivity contribution is -0.145. The van der Waals surface area contributed by atoms with Gasteiger partial charge in [0.05, 0.1) is 24.6 Å². The van der Waals surface area contributed by atoms with Crippen molar-refractivity contribution in [1.82, 2.24) is 5.32 Å². The molecule has 0 aliphatic heterocycles. The summed E-state index contributed by atoms with van der Waals surface area (Å²) in [7, 11) is 1.23. The Morgan fingerprint density at radius 3 is 2.43 bits per heavy atom. The Labute approximate surface area is 173 Å². The van der Waals surface area contributed by atoms with Gasteiger partial charge in [-0.3, -0.25) is 9.59 Å². The molecule has 0 radical (unpaired) electrons. The van der Waals surface area contributed by atoms with E-state index in [-0.39, 0.29) is 22.9 Å². The Kier molecular flexibility index (Phi) is 8.16. The first-order valence-corrected chi connectivity index (χ1v) is 9.30. The molecule has 1 aromatic heterocycles. The molecule has 9 nitrogen and oxygen atoms in total. The highest BCUT2D eigenvalue weighted by Crippen LogP contribution is 2.17. The van der Waals surface area contributed by atoms with Crippen molar-refractivity contribution in [1.29, 1.82) is 0 Å². The van der Waals surface area contributed by atoms with Crippen LogP contribution >= 0.6 is 0 Å². The maximum absolute atomic E-state index is 12.4. The molecule has 0 aliphatic rings. The molecule has 160 valence electrons. The number of benzene rings is 1. The van der Waals surface area contributed by atoms with Crippen molar-refractivity contribution in [2.75, 3.05) is 19.0 Å². The summed E-state index contributed by atoms with van der Waals surface area (Å²) in [5.74, 6) is -2.34. The lowest BCUT2D eigenvalue weighted by atomic mass is 10.0. The molecule has 0 saturated heterocycles. The molecule has 0 fully saturated rings. The average molecular weight is 416 g/mol. The molecule has 1 atom stereocenters. The molecule has 2 aromatic rings. The van der Waals surface area contributed by atoms with Gasteiger partial charge in [0.25, 0.3) is 11.8 Å². The van der Waals surface area contributed by atoms with Crippen LogP contribution in [0, 0.1) is 5.92 Å². The Morgan fingerprint density at radius 2 is 1.80 bits per heavy atom. The first kappa shape index (κ1) is 22.7. The smallest absolute Gasteiger partial charge is 0.340 e. The second kappa shape index (κ2) is 10.8. The molecule has 30 heavy (non-hydrogen) atoms. The number of esters is 2. The SMILES string of the molecule is COC(=O)[C@H](CC(C)C)NC(=O)COC(=O)c1ccccc1NC(=O)c1ccco1. The summed E-state index contributed by atoms with van der Waals surface area (Å²) in [4.78, 5) is 48.5. The highest BCUT2D eigenvalue weighted by Gasteiger charge is 2.23. The molecule has 9 heteroatoms. The van der Waals surface area contributed by atoms with Crippen LogP contribution in [0.2, 0.25) is 0 Å². The number of amides is 2. The van der Waals surface area contributed by atoms with Gasteiger partial charge in [-0.05, 0) is 36.6 Å². The first-order valence-electron chi connectivity index (χ1n) is 9.30. The molecule has 0 spiro atoms. The number of hydrogen-bond acceptors (Lipinski definition) is 7. The Balaban J connectivity index is 1.98. The van der Waals surface area contributed by atoms with Gasteiger partial charge in [0.1, 0.15) is 6.04 Å². The number of nitrogens with one attached hydrogen (secondary N) is 2. The number of carbonyl (C=O) groups excluding carboxylic acids is 4. The molecule has 1 aromatic carbocycles. The highest BCUT2D eigenvalue weighted by atomic mass is 16.5. The van der Waals surface area contributed by atoms with E-state index in [4.69, 9.17) is 9.15 Å². The Morgan fingerprint density at radius 1 is 1.07 bits per heavy atom. The number of anilines is 1. The first-order chi connectivity index (χ1) is 14.3. The predicted octanol–water partition coefficient (Wildman–Crippen LogP) is 2.39. The summed E-state index contributed by atoms with van der Waals surface area (Å²) in [6.45, 7) is 3.21. The molecular formula is C21H24N2O7. The average Bonchev–Trinajstić information content (AvgIpc) is 3.26. The van der Waals surface area contributed by atoms with Crippen LogP contribution in [-0.2, 0) is 19.1 Å². The monoisotopic (exact) mass is 416 g/mol. The van der Waals surface area contributed by atoms with Crippen molar-refractivity contribution >= 4 is 29.4 Å². The third-order valence-electron chi connectivity index (χ3n) is 4.00. The van der Waals surface area contributed by atoms with E-state index in [1.165, 1.54) is 31.6 Å². The fourth-order valence-corrected chi connectivity index (χ4v) is 2.63. The summed E-state index contributed by atoms with van der Waals surface area (Å²) >= 11 is 0. The topological polar surface area (TPSA) is 124 Å². The third-order valence-corrected chi connectivity index (χ3v) is 4.00. The minimum absolute atomic E-state index is 0.0666. The second-order valence-electron chi connectivity index (χ2n) is 6.83. The van der Waals surface area contributed by atoms with Crippen molar-refractivity contribution in [3.05, 3.63) is 54.0 Å². The van der Waals surface area contributed by atoms with E-state index in [9.17, 15) is 19.2 Å². The van der Waals surface area contributed by atoms with Crippen LogP contribution in [-0.4, -0.2) is 43.5 Å². The number of hydrogen-bond donors (Lipinski definition) is 2. The van der Waals surface area contributed by atoms with Crippen LogP contribution in [0.15, 0.2) is 47.1 Å². The normalized spacial score (nSPS) is 11.5. The fraction of sp³-hybridized carbons (Fsp3) is 0.333.